The number of aromatic nitrogens is 2. The van der Waals surface area contributed by atoms with Crippen molar-refractivity contribution in [3.05, 3.63) is 30.9 Å². The lowest BCUT2D eigenvalue weighted by Crippen LogP contribution is -2.30. The molecule has 2 atom stereocenters. The molecule has 1 aromatic heterocycles. The third kappa shape index (κ3) is 2.81. The Morgan fingerprint density at radius 2 is 2.35 bits per heavy atom. The number of hydrogen-bond donors (Lipinski definition) is 1. The summed E-state index contributed by atoms with van der Waals surface area (Å²) in [4.78, 5) is 28.7. The van der Waals surface area contributed by atoms with E-state index in [0.717, 1.165) is 0 Å². The first-order chi connectivity index (χ1) is 9.52. The number of amides is 1. The van der Waals surface area contributed by atoms with Crippen LogP contribution in [0.1, 0.15) is 11.6 Å². The molecule has 1 saturated heterocycles. The van der Waals surface area contributed by atoms with E-state index in [0.29, 0.717) is 12.2 Å². The van der Waals surface area contributed by atoms with Crippen LogP contribution in [0, 0.1) is 5.92 Å². The first-order valence-electron chi connectivity index (χ1n) is 6.26. The van der Waals surface area contributed by atoms with Crippen LogP contribution in [0.2, 0.25) is 0 Å². The number of rotatable bonds is 4. The predicted molar refractivity (Wildman–Crippen MR) is 70.2 cm³/mol. The van der Waals surface area contributed by atoms with Crippen molar-refractivity contribution in [1.82, 2.24) is 14.5 Å². The fourth-order valence-electron chi connectivity index (χ4n) is 2.35. The summed E-state index contributed by atoms with van der Waals surface area (Å²) in [5.41, 5.74) is 0.680. The number of carbonyl (C=O) groups excluding carboxylic acids is 1. The molecule has 108 valence electrons. The average molecular weight is 279 g/mol. The van der Waals surface area contributed by atoms with Gasteiger partial charge in [0.15, 0.2) is 0 Å². The lowest BCUT2D eigenvalue weighted by molar-refractivity contribution is -0.141. The molecule has 1 aliphatic heterocycles. The van der Waals surface area contributed by atoms with E-state index in [1.165, 1.54) is 11.0 Å². The van der Waals surface area contributed by atoms with Gasteiger partial charge in [-0.3, -0.25) is 4.79 Å². The van der Waals surface area contributed by atoms with Crippen LogP contribution in [0.15, 0.2) is 25.2 Å². The summed E-state index contributed by atoms with van der Waals surface area (Å²) < 4.78 is 6.70. The maximum absolute atomic E-state index is 11.8. The minimum Gasteiger partial charge on any atom is -0.481 e. The molecule has 0 saturated carbocycles. The molecular formula is C13H17N3O4. The van der Waals surface area contributed by atoms with Crippen LogP contribution in [0.25, 0.3) is 0 Å². The number of aryl methyl sites for hydroxylation is 1. The van der Waals surface area contributed by atoms with Gasteiger partial charge in [0.05, 0.1) is 17.9 Å². The Kier molecular flexibility index (Phi) is 4.07. The lowest BCUT2D eigenvalue weighted by atomic mass is 9.94. The molecule has 0 bridgehead atoms. The van der Waals surface area contributed by atoms with Crippen LogP contribution in [-0.4, -0.2) is 51.3 Å². The van der Waals surface area contributed by atoms with Gasteiger partial charge in [-0.2, -0.15) is 0 Å². The topological polar surface area (TPSA) is 84.7 Å². The molecule has 0 spiro atoms. The molecule has 1 N–H and O–H groups in total. The molecule has 0 aromatic carbocycles. The van der Waals surface area contributed by atoms with Gasteiger partial charge in [-0.1, -0.05) is 12.7 Å². The quantitative estimate of drug-likeness (QED) is 0.826. The van der Waals surface area contributed by atoms with Crippen LogP contribution in [0.3, 0.4) is 0 Å². The van der Waals surface area contributed by atoms with Gasteiger partial charge in [0.1, 0.15) is 6.61 Å². The van der Waals surface area contributed by atoms with Gasteiger partial charge >= 0.3 is 12.1 Å². The number of hydrogen-bond acceptors (Lipinski definition) is 4. The maximum Gasteiger partial charge on any atom is 0.410 e. The van der Waals surface area contributed by atoms with Gasteiger partial charge in [-0.15, -0.1) is 0 Å². The Hall–Kier alpha value is -2.31. The minimum absolute atomic E-state index is 0.112. The predicted octanol–water partition coefficient (Wildman–Crippen LogP) is 0.843. The fraction of sp³-hybridized carbons (Fsp3) is 0.462. The van der Waals surface area contributed by atoms with Crippen molar-refractivity contribution in [2.75, 3.05) is 19.7 Å². The van der Waals surface area contributed by atoms with Crippen LogP contribution >= 0.6 is 0 Å². The Morgan fingerprint density at radius 1 is 1.60 bits per heavy atom. The van der Waals surface area contributed by atoms with Crippen molar-refractivity contribution in [2.45, 2.75) is 5.92 Å². The standard InChI is InChI=1S/C13H17N3O4/c1-3-4-20-13(19)16-5-9(10(6-16)12(17)18)11-7-15(2)8-14-11/h3,7-10H,1,4-6H2,2H3,(H,17,18)/t9-,10-/m1/s1. The second-order valence-corrected chi connectivity index (χ2v) is 4.79. The molecule has 7 nitrogen and oxygen atoms in total. The van der Waals surface area contributed by atoms with E-state index in [9.17, 15) is 14.7 Å². The fourth-order valence-corrected chi connectivity index (χ4v) is 2.35. The molecular weight excluding hydrogens is 262 g/mol. The molecule has 2 heterocycles. The van der Waals surface area contributed by atoms with Gasteiger partial charge in [0.25, 0.3) is 0 Å². The van der Waals surface area contributed by atoms with Crippen molar-refractivity contribution in [3.8, 4) is 0 Å². The summed E-state index contributed by atoms with van der Waals surface area (Å²) >= 11 is 0. The van der Waals surface area contributed by atoms with E-state index >= 15 is 0 Å². The molecule has 1 amide bonds. The number of aliphatic carboxylic acids is 1. The van der Waals surface area contributed by atoms with Gasteiger partial charge in [0, 0.05) is 32.3 Å². The van der Waals surface area contributed by atoms with Crippen LogP contribution in [0.5, 0.6) is 0 Å². The van der Waals surface area contributed by atoms with Crippen molar-refractivity contribution >= 4 is 12.1 Å². The van der Waals surface area contributed by atoms with Gasteiger partial charge in [-0.05, 0) is 0 Å². The average Bonchev–Trinajstić information content (AvgIpc) is 3.01. The highest BCUT2D eigenvalue weighted by atomic mass is 16.6. The van der Waals surface area contributed by atoms with Crippen molar-refractivity contribution < 1.29 is 19.4 Å². The second kappa shape index (κ2) is 5.77. The largest absolute Gasteiger partial charge is 0.481 e. The molecule has 1 aromatic rings. The third-order valence-corrected chi connectivity index (χ3v) is 3.32. The molecule has 7 heteroatoms. The zero-order valence-corrected chi connectivity index (χ0v) is 11.2. The van der Waals surface area contributed by atoms with Gasteiger partial charge < -0.3 is 19.3 Å². The van der Waals surface area contributed by atoms with Gasteiger partial charge in [0.2, 0.25) is 0 Å². The summed E-state index contributed by atoms with van der Waals surface area (Å²) in [5, 5.41) is 9.30. The Balaban J connectivity index is 2.13. The van der Waals surface area contributed by atoms with Crippen LogP contribution in [-0.2, 0) is 16.6 Å². The van der Waals surface area contributed by atoms with E-state index in [2.05, 4.69) is 11.6 Å². The number of carbonyl (C=O) groups is 2. The van der Waals surface area contributed by atoms with Gasteiger partial charge in [-0.25, -0.2) is 9.78 Å². The highest BCUT2D eigenvalue weighted by molar-refractivity contribution is 5.75. The number of imidazole rings is 1. The lowest BCUT2D eigenvalue weighted by Gasteiger charge is -2.14. The van der Waals surface area contributed by atoms with E-state index in [1.54, 1.807) is 17.1 Å². The Bertz CT molecular complexity index is 525. The van der Waals surface area contributed by atoms with Crippen molar-refractivity contribution in [2.24, 2.45) is 13.0 Å². The molecule has 1 fully saturated rings. The summed E-state index contributed by atoms with van der Waals surface area (Å²) in [5.74, 6) is -1.91. The normalized spacial score (nSPS) is 21.8. The first kappa shape index (κ1) is 14.1. The summed E-state index contributed by atoms with van der Waals surface area (Å²) in [6.45, 7) is 4.00. The molecule has 0 radical (unpaired) electrons. The second-order valence-electron chi connectivity index (χ2n) is 4.79. The Labute approximate surface area is 116 Å². The molecule has 20 heavy (non-hydrogen) atoms. The van der Waals surface area contributed by atoms with Crippen molar-refractivity contribution in [1.29, 1.82) is 0 Å². The number of likely N-dealkylation sites (tertiary alicyclic amines) is 1. The number of carboxylic acid groups (broad SMARTS) is 1. The van der Waals surface area contributed by atoms with E-state index in [1.807, 2.05) is 7.05 Å². The highest BCUT2D eigenvalue weighted by Crippen LogP contribution is 2.32. The van der Waals surface area contributed by atoms with E-state index < -0.39 is 18.0 Å². The molecule has 0 unspecified atom stereocenters. The zero-order chi connectivity index (χ0) is 14.7. The summed E-state index contributed by atoms with van der Waals surface area (Å²) in [6, 6.07) is 0. The van der Waals surface area contributed by atoms with Crippen LogP contribution < -0.4 is 0 Å². The summed E-state index contributed by atoms with van der Waals surface area (Å²) in [7, 11) is 1.82. The highest BCUT2D eigenvalue weighted by Gasteiger charge is 2.42. The Morgan fingerprint density at radius 3 is 2.90 bits per heavy atom. The number of carboxylic acids is 1. The number of ether oxygens (including phenoxy) is 1. The van der Waals surface area contributed by atoms with Crippen LogP contribution in [0.4, 0.5) is 4.79 Å². The summed E-state index contributed by atoms with van der Waals surface area (Å²) in [6.07, 6.45) is 4.35. The number of nitrogens with zero attached hydrogens (tertiary/aromatic N) is 3. The monoisotopic (exact) mass is 279 g/mol. The zero-order valence-electron chi connectivity index (χ0n) is 11.2. The van der Waals surface area contributed by atoms with Crippen molar-refractivity contribution in [3.63, 3.8) is 0 Å². The smallest absolute Gasteiger partial charge is 0.410 e. The molecule has 0 aliphatic carbocycles. The first-order valence-corrected chi connectivity index (χ1v) is 6.26. The third-order valence-electron chi connectivity index (χ3n) is 3.32. The van der Waals surface area contributed by atoms with E-state index in [-0.39, 0.29) is 19.1 Å². The van der Waals surface area contributed by atoms with E-state index in [4.69, 9.17) is 4.74 Å². The minimum atomic E-state index is -0.931. The molecule has 2 rings (SSSR count). The maximum atomic E-state index is 11.8. The molecule has 1 aliphatic rings. The SMILES string of the molecule is C=CCOC(=O)N1C[C@@H](C(=O)O)[C@H](c2cn(C)cn2)C1.